The first kappa shape index (κ1) is 15.9. The highest BCUT2D eigenvalue weighted by molar-refractivity contribution is 9.10. The molecule has 2 atom stereocenters. The van der Waals surface area contributed by atoms with Gasteiger partial charge in [0.15, 0.2) is 0 Å². The molecule has 3 nitrogen and oxygen atoms in total. The Balaban J connectivity index is 1.56. The molecular formula is C17H22BrFN2O. The largest absolute Gasteiger partial charge is 0.341 e. The molecule has 0 spiro atoms. The van der Waals surface area contributed by atoms with Gasteiger partial charge < -0.3 is 10.2 Å². The zero-order valence-corrected chi connectivity index (χ0v) is 14.4. The highest BCUT2D eigenvalue weighted by atomic mass is 79.9. The van der Waals surface area contributed by atoms with Crippen molar-refractivity contribution in [2.45, 2.75) is 50.7 Å². The van der Waals surface area contributed by atoms with Gasteiger partial charge in [-0.1, -0.05) is 15.9 Å². The summed E-state index contributed by atoms with van der Waals surface area (Å²) >= 11 is 3.35. The van der Waals surface area contributed by atoms with Gasteiger partial charge in [-0.3, -0.25) is 4.79 Å². The molecule has 1 N–H and O–H groups in total. The summed E-state index contributed by atoms with van der Waals surface area (Å²) in [6.45, 7) is 0.321. The van der Waals surface area contributed by atoms with Crippen LogP contribution in [0.1, 0.15) is 37.7 Å². The van der Waals surface area contributed by atoms with Crippen LogP contribution in [-0.4, -0.2) is 29.9 Å². The van der Waals surface area contributed by atoms with Crippen molar-refractivity contribution in [3.05, 3.63) is 34.1 Å². The van der Waals surface area contributed by atoms with E-state index in [9.17, 15) is 9.18 Å². The number of rotatable bonds is 4. The molecule has 0 radical (unpaired) electrons. The highest BCUT2D eigenvalue weighted by Crippen LogP contribution is 2.33. The fourth-order valence-corrected chi connectivity index (χ4v) is 4.16. The van der Waals surface area contributed by atoms with Crippen molar-refractivity contribution in [2.75, 3.05) is 7.05 Å². The third-order valence-corrected chi connectivity index (χ3v) is 5.37. The molecule has 3 rings (SSSR count). The number of nitrogens with one attached hydrogen (secondary N) is 1. The molecule has 2 aliphatic rings. The number of benzene rings is 1. The normalized spacial score (nSPS) is 27.0. The molecule has 2 unspecified atom stereocenters. The van der Waals surface area contributed by atoms with E-state index in [1.54, 1.807) is 24.1 Å². The average molecular weight is 369 g/mol. The molecule has 2 heterocycles. The maximum Gasteiger partial charge on any atom is 0.222 e. The Bertz CT molecular complexity index is 554. The Hall–Kier alpha value is -0.940. The van der Waals surface area contributed by atoms with Crippen LogP contribution < -0.4 is 5.32 Å². The summed E-state index contributed by atoms with van der Waals surface area (Å²) in [5.74, 6) is 0.328. The van der Waals surface area contributed by atoms with Gasteiger partial charge in [0.25, 0.3) is 0 Å². The van der Waals surface area contributed by atoms with Crippen LogP contribution in [0, 0.1) is 11.7 Å². The second-order valence-corrected chi connectivity index (χ2v) is 7.58. The van der Waals surface area contributed by atoms with Gasteiger partial charge in [-0.15, -0.1) is 0 Å². The lowest BCUT2D eigenvalue weighted by atomic mass is 9.89. The molecule has 0 aromatic heterocycles. The Morgan fingerprint density at radius 1 is 1.36 bits per heavy atom. The summed E-state index contributed by atoms with van der Waals surface area (Å²) in [5, 5.41) is 3.60. The van der Waals surface area contributed by atoms with Gasteiger partial charge in [-0.05, 0) is 49.8 Å². The Kier molecular flexibility index (Phi) is 4.83. The fourth-order valence-electron chi connectivity index (χ4n) is 3.75. The monoisotopic (exact) mass is 368 g/mol. The number of nitrogens with zero attached hydrogens (tertiary/aromatic N) is 1. The minimum Gasteiger partial charge on any atom is -0.341 e. The number of carbonyl (C=O) groups is 1. The van der Waals surface area contributed by atoms with E-state index in [1.165, 1.54) is 18.9 Å². The minimum atomic E-state index is -0.261. The Morgan fingerprint density at radius 2 is 2.05 bits per heavy atom. The van der Waals surface area contributed by atoms with Gasteiger partial charge in [0.1, 0.15) is 5.82 Å². The van der Waals surface area contributed by atoms with Gasteiger partial charge >= 0.3 is 0 Å². The Morgan fingerprint density at radius 3 is 2.73 bits per heavy atom. The number of hydrogen-bond donors (Lipinski definition) is 1. The summed E-state index contributed by atoms with van der Waals surface area (Å²) in [6.07, 6.45) is 5.27. The molecule has 1 aromatic rings. The maximum absolute atomic E-state index is 13.8. The van der Waals surface area contributed by atoms with E-state index in [1.807, 2.05) is 0 Å². The lowest BCUT2D eigenvalue weighted by Gasteiger charge is -2.30. The molecule has 120 valence electrons. The van der Waals surface area contributed by atoms with Crippen LogP contribution >= 0.6 is 15.9 Å². The number of amides is 1. The molecule has 2 fully saturated rings. The molecule has 1 aromatic carbocycles. The smallest absolute Gasteiger partial charge is 0.222 e. The van der Waals surface area contributed by atoms with E-state index in [2.05, 4.69) is 21.2 Å². The van der Waals surface area contributed by atoms with Crippen molar-refractivity contribution in [3.63, 3.8) is 0 Å². The van der Waals surface area contributed by atoms with Crippen LogP contribution in [0.4, 0.5) is 4.39 Å². The lowest BCUT2D eigenvalue weighted by Crippen LogP contribution is -2.40. The van der Waals surface area contributed by atoms with Gasteiger partial charge in [-0.25, -0.2) is 4.39 Å². The van der Waals surface area contributed by atoms with Crippen LogP contribution in [0.3, 0.4) is 0 Å². The zero-order chi connectivity index (χ0) is 15.7. The molecule has 2 bridgehead atoms. The van der Waals surface area contributed by atoms with Crippen LogP contribution in [-0.2, 0) is 11.3 Å². The van der Waals surface area contributed by atoms with E-state index in [0.29, 0.717) is 36.5 Å². The summed E-state index contributed by atoms with van der Waals surface area (Å²) in [4.78, 5) is 14.1. The predicted molar refractivity (Wildman–Crippen MR) is 87.9 cm³/mol. The third kappa shape index (κ3) is 3.69. The van der Waals surface area contributed by atoms with E-state index >= 15 is 0 Å². The standard InChI is InChI=1S/C17H22BrFN2O/c1-21(10-12-9-13(18)2-5-16(12)19)17(22)8-11-6-14-3-4-15(7-11)20-14/h2,5,9,11,14-15,20H,3-4,6-8,10H2,1H3. The van der Waals surface area contributed by atoms with Crippen LogP contribution in [0.5, 0.6) is 0 Å². The highest BCUT2D eigenvalue weighted by Gasteiger charge is 2.34. The molecule has 0 aliphatic carbocycles. The topological polar surface area (TPSA) is 32.3 Å². The summed E-state index contributed by atoms with van der Waals surface area (Å²) in [5.41, 5.74) is 0.551. The zero-order valence-electron chi connectivity index (χ0n) is 12.8. The number of piperidine rings is 1. The molecular weight excluding hydrogens is 347 g/mol. The lowest BCUT2D eigenvalue weighted by molar-refractivity contribution is -0.131. The van der Waals surface area contributed by atoms with Crippen LogP contribution in [0.25, 0.3) is 0 Å². The third-order valence-electron chi connectivity index (χ3n) is 4.88. The molecule has 22 heavy (non-hydrogen) atoms. The quantitative estimate of drug-likeness (QED) is 0.882. The van der Waals surface area contributed by atoms with Crippen molar-refractivity contribution < 1.29 is 9.18 Å². The summed E-state index contributed by atoms with van der Waals surface area (Å²) in [6, 6.07) is 6.05. The van der Waals surface area contributed by atoms with E-state index in [4.69, 9.17) is 0 Å². The summed E-state index contributed by atoms with van der Waals surface area (Å²) < 4.78 is 14.6. The van der Waals surface area contributed by atoms with Gasteiger partial charge in [0.05, 0.1) is 0 Å². The van der Waals surface area contributed by atoms with E-state index < -0.39 is 0 Å². The number of carbonyl (C=O) groups excluding carboxylic acids is 1. The van der Waals surface area contributed by atoms with Crippen LogP contribution in [0.15, 0.2) is 22.7 Å². The first-order valence-electron chi connectivity index (χ1n) is 7.95. The molecule has 2 saturated heterocycles. The molecule has 0 saturated carbocycles. The summed E-state index contributed by atoms with van der Waals surface area (Å²) in [7, 11) is 1.76. The van der Waals surface area contributed by atoms with Crippen molar-refractivity contribution in [2.24, 2.45) is 5.92 Å². The van der Waals surface area contributed by atoms with Crippen molar-refractivity contribution >= 4 is 21.8 Å². The van der Waals surface area contributed by atoms with E-state index in [-0.39, 0.29) is 11.7 Å². The molecule has 5 heteroatoms. The fraction of sp³-hybridized carbons (Fsp3) is 0.588. The number of hydrogen-bond acceptors (Lipinski definition) is 2. The first-order chi connectivity index (χ1) is 10.5. The second kappa shape index (κ2) is 6.67. The molecule has 1 amide bonds. The van der Waals surface area contributed by atoms with Gasteiger partial charge in [0.2, 0.25) is 5.91 Å². The van der Waals surface area contributed by atoms with Crippen molar-refractivity contribution in [1.29, 1.82) is 0 Å². The number of fused-ring (bicyclic) bond motifs is 2. The average Bonchev–Trinajstić information content (AvgIpc) is 2.81. The van der Waals surface area contributed by atoms with Crippen molar-refractivity contribution in [3.8, 4) is 0 Å². The first-order valence-corrected chi connectivity index (χ1v) is 8.74. The molecule has 2 aliphatic heterocycles. The van der Waals surface area contributed by atoms with Gasteiger partial charge in [0, 0.05) is 42.1 Å². The Labute approximate surface area is 139 Å². The second-order valence-electron chi connectivity index (χ2n) is 6.66. The van der Waals surface area contributed by atoms with E-state index in [0.717, 1.165) is 17.3 Å². The van der Waals surface area contributed by atoms with Gasteiger partial charge in [-0.2, -0.15) is 0 Å². The van der Waals surface area contributed by atoms with Crippen LogP contribution in [0.2, 0.25) is 0 Å². The van der Waals surface area contributed by atoms with Crippen molar-refractivity contribution in [1.82, 2.24) is 10.2 Å². The minimum absolute atomic E-state index is 0.116. The SMILES string of the molecule is CN(Cc1cc(Br)ccc1F)C(=O)CC1CC2CCC(C1)N2. The maximum atomic E-state index is 13.8. The predicted octanol–water partition coefficient (Wildman–Crippen LogP) is 3.47. The number of halogens is 2.